The maximum absolute atomic E-state index is 4.41. The van der Waals surface area contributed by atoms with Crippen LogP contribution in [0.5, 0.6) is 0 Å². The van der Waals surface area contributed by atoms with Crippen LogP contribution in [0.15, 0.2) is 30.9 Å². The zero-order chi connectivity index (χ0) is 11.7. The van der Waals surface area contributed by atoms with Gasteiger partial charge in [0.2, 0.25) is 0 Å². The molecule has 0 aromatic carbocycles. The number of aromatic nitrogens is 4. The molecule has 1 aliphatic rings. The lowest BCUT2D eigenvalue weighted by Gasteiger charge is -2.39. The molecule has 17 heavy (non-hydrogen) atoms. The van der Waals surface area contributed by atoms with E-state index >= 15 is 0 Å². The highest BCUT2D eigenvalue weighted by Crippen LogP contribution is 2.28. The van der Waals surface area contributed by atoms with Gasteiger partial charge >= 0.3 is 0 Å². The molecule has 1 fully saturated rings. The van der Waals surface area contributed by atoms with Crippen LogP contribution in [-0.2, 0) is 0 Å². The van der Waals surface area contributed by atoms with Crippen LogP contribution in [0.1, 0.15) is 17.4 Å². The molecule has 0 amide bonds. The minimum absolute atomic E-state index is 0.494. The summed E-state index contributed by atoms with van der Waals surface area (Å²) in [5.74, 6) is 2.31. The Kier molecular flexibility index (Phi) is 2.44. The molecular weight excluding hydrogens is 214 g/mol. The van der Waals surface area contributed by atoms with Gasteiger partial charge in [-0.05, 0) is 19.1 Å². The van der Waals surface area contributed by atoms with E-state index in [1.54, 1.807) is 18.7 Å². The van der Waals surface area contributed by atoms with Crippen molar-refractivity contribution in [1.29, 1.82) is 0 Å². The molecule has 0 spiro atoms. The van der Waals surface area contributed by atoms with E-state index in [0.717, 1.165) is 30.4 Å². The molecule has 1 saturated heterocycles. The largest absolute Gasteiger partial charge is 0.355 e. The van der Waals surface area contributed by atoms with Crippen LogP contribution < -0.4 is 4.90 Å². The van der Waals surface area contributed by atoms with Crippen molar-refractivity contribution in [1.82, 2.24) is 19.9 Å². The highest BCUT2D eigenvalue weighted by molar-refractivity contribution is 5.43. The minimum atomic E-state index is 0.494. The second kappa shape index (κ2) is 4.08. The van der Waals surface area contributed by atoms with E-state index in [4.69, 9.17) is 0 Å². The van der Waals surface area contributed by atoms with Crippen LogP contribution in [0.25, 0.3) is 0 Å². The van der Waals surface area contributed by atoms with E-state index in [-0.39, 0.29) is 0 Å². The molecule has 0 unspecified atom stereocenters. The molecule has 2 aromatic rings. The molecule has 0 atom stereocenters. The summed E-state index contributed by atoms with van der Waals surface area (Å²) in [6, 6.07) is 3.93. The number of nitrogens with zero attached hydrogens (tertiary/aromatic N) is 5. The van der Waals surface area contributed by atoms with Crippen LogP contribution in [0.4, 0.5) is 5.82 Å². The van der Waals surface area contributed by atoms with Gasteiger partial charge in [-0.15, -0.1) is 0 Å². The lowest BCUT2D eigenvalue weighted by molar-refractivity contribution is 0.507. The monoisotopic (exact) mass is 227 g/mol. The Bertz CT molecular complexity index is 507. The molecule has 0 N–H and O–H groups in total. The van der Waals surface area contributed by atoms with Crippen molar-refractivity contribution in [2.75, 3.05) is 18.0 Å². The van der Waals surface area contributed by atoms with Crippen LogP contribution in [-0.4, -0.2) is 33.0 Å². The maximum atomic E-state index is 4.41. The van der Waals surface area contributed by atoms with Gasteiger partial charge in [0.15, 0.2) is 0 Å². The van der Waals surface area contributed by atoms with E-state index in [9.17, 15) is 0 Å². The van der Waals surface area contributed by atoms with Crippen molar-refractivity contribution in [3.8, 4) is 0 Å². The number of aryl methyl sites for hydroxylation is 1. The summed E-state index contributed by atoms with van der Waals surface area (Å²) in [4.78, 5) is 18.9. The number of anilines is 1. The first-order valence-corrected chi connectivity index (χ1v) is 5.63. The predicted octanol–water partition coefficient (Wildman–Crippen LogP) is 1.18. The van der Waals surface area contributed by atoms with E-state index < -0.39 is 0 Å². The fourth-order valence-corrected chi connectivity index (χ4v) is 2.01. The molecule has 0 saturated carbocycles. The Balaban J connectivity index is 1.69. The van der Waals surface area contributed by atoms with E-state index in [1.165, 1.54) is 0 Å². The van der Waals surface area contributed by atoms with E-state index in [1.807, 2.05) is 19.1 Å². The normalized spacial score (nSPS) is 15.7. The van der Waals surface area contributed by atoms with Crippen molar-refractivity contribution in [2.24, 2.45) is 0 Å². The number of hydrogen-bond donors (Lipinski definition) is 0. The highest BCUT2D eigenvalue weighted by Gasteiger charge is 2.29. The maximum Gasteiger partial charge on any atom is 0.132 e. The van der Waals surface area contributed by atoms with Gasteiger partial charge in [-0.3, -0.25) is 0 Å². The van der Waals surface area contributed by atoms with Gasteiger partial charge in [0.05, 0.1) is 5.69 Å². The molecule has 0 aliphatic carbocycles. The Labute approximate surface area is 99.6 Å². The summed E-state index contributed by atoms with van der Waals surface area (Å²) in [5.41, 5.74) is 1.11. The first-order chi connectivity index (χ1) is 8.33. The average molecular weight is 227 g/mol. The number of hydrogen-bond acceptors (Lipinski definition) is 5. The quantitative estimate of drug-likeness (QED) is 0.771. The lowest BCUT2D eigenvalue weighted by Crippen LogP contribution is -2.45. The Morgan fingerprint density at radius 2 is 2.06 bits per heavy atom. The predicted molar refractivity (Wildman–Crippen MR) is 63.8 cm³/mol. The molecule has 86 valence electrons. The van der Waals surface area contributed by atoms with E-state index in [0.29, 0.717) is 5.92 Å². The van der Waals surface area contributed by atoms with E-state index in [2.05, 4.69) is 24.8 Å². The number of rotatable bonds is 2. The first-order valence-electron chi connectivity index (χ1n) is 5.63. The van der Waals surface area contributed by atoms with Crippen molar-refractivity contribution >= 4 is 5.82 Å². The molecular formula is C12H13N5. The second-order valence-corrected chi connectivity index (χ2v) is 4.20. The Morgan fingerprint density at radius 1 is 1.18 bits per heavy atom. The summed E-state index contributed by atoms with van der Waals surface area (Å²) in [5, 5.41) is 0. The van der Waals surface area contributed by atoms with Crippen LogP contribution in [0, 0.1) is 6.92 Å². The standard InChI is InChI=1S/C12H13N5/c1-9-14-5-3-12(16-9)17-6-10(7-17)11-2-4-13-8-15-11/h2-5,8,10H,6-7H2,1H3. The third-order valence-electron chi connectivity index (χ3n) is 2.99. The molecule has 3 heterocycles. The first kappa shape index (κ1) is 10.1. The smallest absolute Gasteiger partial charge is 0.132 e. The van der Waals surface area contributed by atoms with Crippen molar-refractivity contribution < 1.29 is 0 Å². The summed E-state index contributed by atoms with van der Waals surface area (Å²) < 4.78 is 0. The van der Waals surface area contributed by atoms with Gasteiger partial charge in [0, 0.05) is 31.4 Å². The molecule has 5 heteroatoms. The van der Waals surface area contributed by atoms with Crippen LogP contribution in [0.2, 0.25) is 0 Å². The van der Waals surface area contributed by atoms with Crippen molar-refractivity contribution in [3.05, 3.63) is 42.4 Å². The summed E-state index contributed by atoms with van der Waals surface area (Å²) in [6.07, 6.45) is 5.20. The zero-order valence-corrected chi connectivity index (χ0v) is 9.61. The van der Waals surface area contributed by atoms with Gasteiger partial charge < -0.3 is 4.90 Å². The molecule has 2 aromatic heterocycles. The van der Waals surface area contributed by atoms with Gasteiger partial charge in [-0.2, -0.15) is 0 Å². The highest BCUT2D eigenvalue weighted by atomic mass is 15.2. The Hall–Kier alpha value is -2.04. The van der Waals surface area contributed by atoms with Gasteiger partial charge in [-0.25, -0.2) is 19.9 Å². The molecule has 5 nitrogen and oxygen atoms in total. The van der Waals surface area contributed by atoms with Gasteiger partial charge in [-0.1, -0.05) is 0 Å². The second-order valence-electron chi connectivity index (χ2n) is 4.20. The fraction of sp³-hybridized carbons (Fsp3) is 0.333. The molecule has 0 radical (unpaired) electrons. The van der Waals surface area contributed by atoms with Crippen molar-refractivity contribution in [3.63, 3.8) is 0 Å². The molecule has 0 bridgehead atoms. The van der Waals surface area contributed by atoms with Crippen molar-refractivity contribution in [2.45, 2.75) is 12.8 Å². The van der Waals surface area contributed by atoms with Gasteiger partial charge in [0.1, 0.15) is 18.0 Å². The SMILES string of the molecule is Cc1nccc(N2CC(c3ccncn3)C2)n1. The average Bonchev–Trinajstić information content (AvgIpc) is 2.28. The third-order valence-corrected chi connectivity index (χ3v) is 2.99. The summed E-state index contributed by atoms with van der Waals surface area (Å²) >= 11 is 0. The van der Waals surface area contributed by atoms with Crippen LogP contribution in [0.3, 0.4) is 0 Å². The van der Waals surface area contributed by atoms with Gasteiger partial charge in [0.25, 0.3) is 0 Å². The topological polar surface area (TPSA) is 54.8 Å². The minimum Gasteiger partial charge on any atom is -0.355 e. The summed E-state index contributed by atoms with van der Waals surface area (Å²) in [7, 11) is 0. The molecule has 1 aliphatic heterocycles. The van der Waals surface area contributed by atoms with Crippen LogP contribution >= 0.6 is 0 Å². The lowest BCUT2D eigenvalue weighted by atomic mass is 9.96. The Morgan fingerprint density at radius 3 is 2.76 bits per heavy atom. The zero-order valence-electron chi connectivity index (χ0n) is 9.61. The molecule has 3 rings (SSSR count). The fourth-order valence-electron chi connectivity index (χ4n) is 2.01. The third kappa shape index (κ3) is 1.95. The summed E-state index contributed by atoms with van der Waals surface area (Å²) in [6.45, 7) is 3.84.